The van der Waals surface area contributed by atoms with Crippen LogP contribution in [0.4, 0.5) is 0 Å². The van der Waals surface area contributed by atoms with E-state index in [9.17, 15) is 4.79 Å². The molecule has 0 aliphatic carbocycles. The van der Waals surface area contributed by atoms with Gasteiger partial charge in [-0.25, -0.2) is 4.98 Å². The van der Waals surface area contributed by atoms with Gasteiger partial charge >= 0.3 is 0 Å². The van der Waals surface area contributed by atoms with Crippen LogP contribution in [-0.4, -0.2) is 40.5 Å². The number of likely N-dealkylation sites (tertiary alicyclic amines) is 1. The lowest BCUT2D eigenvalue weighted by Crippen LogP contribution is -2.27. The van der Waals surface area contributed by atoms with E-state index in [1.165, 1.54) is 0 Å². The summed E-state index contributed by atoms with van der Waals surface area (Å²) in [4.78, 5) is 19.1. The van der Waals surface area contributed by atoms with Crippen LogP contribution < -0.4 is 10.9 Å². The smallest absolute Gasteiger partial charge is 0.258 e. The maximum absolute atomic E-state index is 12.1. The van der Waals surface area contributed by atoms with Gasteiger partial charge in [0.05, 0.1) is 5.69 Å². The van der Waals surface area contributed by atoms with Crippen LogP contribution in [0.2, 0.25) is 0 Å². The fraction of sp³-hybridized carbons (Fsp3) is 0.467. The van der Waals surface area contributed by atoms with Crippen molar-refractivity contribution >= 4 is 5.65 Å². The van der Waals surface area contributed by atoms with Crippen LogP contribution >= 0.6 is 0 Å². The van der Waals surface area contributed by atoms with Crippen LogP contribution in [0.5, 0.6) is 0 Å². The van der Waals surface area contributed by atoms with Crippen LogP contribution in [-0.2, 0) is 6.54 Å². The normalized spacial score (nSPS) is 26.2. The Morgan fingerprint density at radius 3 is 2.85 bits per heavy atom. The van der Waals surface area contributed by atoms with Crippen molar-refractivity contribution in [1.29, 1.82) is 0 Å². The van der Waals surface area contributed by atoms with Gasteiger partial charge in [0.25, 0.3) is 5.56 Å². The molecule has 2 atom stereocenters. The highest BCUT2D eigenvalue weighted by Crippen LogP contribution is 2.26. The molecule has 104 valence electrons. The van der Waals surface area contributed by atoms with Crippen molar-refractivity contribution in [2.45, 2.75) is 6.54 Å². The zero-order chi connectivity index (χ0) is 13.5. The summed E-state index contributed by atoms with van der Waals surface area (Å²) in [5.74, 6) is 1.55. The van der Waals surface area contributed by atoms with Crippen molar-refractivity contribution < 1.29 is 0 Å². The van der Waals surface area contributed by atoms with Crippen LogP contribution in [0, 0.1) is 11.8 Å². The van der Waals surface area contributed by atoms with Crippen molar-refractivity contribution in [1.82, 2.24) is 19.6 Å². The number of fused-ring (bicyclic) bond motifs is 2. The predicted octanol–water partition coefficient (Wildman–Crippen LogP) is 0.346. The maximum atomic E-state index is 12.1. The van der Waals surface area contributed by atoms with Crippen LogP contribution in [0.3, 0.4) is 0 Å². The number of aromatic nitrogens is 2. The standard InChI is InChI=1S/C15H18N4O/c20-15-5-13(17-14-3-1-2-4-19(14)15)10-18-8-11-6-16-7-12(11)9-18/h1-5,11-12,16H,6-10H2/t11-,12+. The van der Waals surface area contributed by atoms with E-state index >= 15 is 0 Å². The Labute approximate surface area is 117 Å². The SMILES string of the molecule is O=c1cc(CN2C[C@H]3CNC[C@H]3C2)nc2ccccn12. The molecule has 0 radical (unpaired) electrons. The van der Waals surface area contributed by atoms with Crippen molar-refractivity contribution in [3.8, 4) is 0 Å². The summed E-state index contributed by atoms with van der Waals surface area (Å²) in [5, 5.41) is 3.45. The monoisotopic (exact) mass is 270 g/mol. The van der Waals surface area contributed by atoms with Gasteiger partial charge in [0.1, 0.15) is 5.65 Å². The van der Waals surface area contributed by atoms with Crippen LogP contribution in [0.1, 0.15) is 5.69 Å². The van der Waals surface area contributed by atoms with E-state index in [2.05, 4.69) is 15.2 Å². The zero-order valence-corrected chi connectivity index (χ0v) is 11.3. The molecule has 5 nitrogen and oxygen atoms in total. The summed E-state index contributed by atoms with van der Waals surface area (Å²) in [6, 6.07) is 7.31. The molecule has 2 aromatic rings. The molecule has 20 heavy (non-hydrogen) atoms. The molecule has 0 saturated carbocycles. The summed E-state index contributed by atoms with van der Waals surface area (Å²) in [5.41, 5.74) is 1.62. The molecule has 2 aliphatic rings. The number of hydrogen-bond donors (Lipinski definition) is 1. The third-order valence-corrected chi connectivity index (χ3v) is 4.47. The average Bonchev–Trinajstić information content (AvgIpc) is 2.99. The summed E-state index contributed by atoms with van der Waals surface area (Å²) in [7, 11) is 0. The average molecular weight is 270 g/mol. The second-order valence-corrected chi connectivity index (χ2v) is 5.89. The second kappa shape index (κ2) is 4.68. The van der Waals surface area contributed by atoms with Crippen LogP contribution in [0.25, 0.3) is 5.65 Å². The van der Waals surface area contributed by atoms with Crippen LogP contribution in [0.15, 0.2) is 35.3 Å². The summed E-state index contributed by atoms with van der Waals surface area (Å²) in [6.07, 6.45) is 1.76. The van der Waals surface area contributed by atoms with Gasteiger partial charge < -0.3 is 5.32 Å². The van der Waals surface area contributed by atoms with Gasteiger partial charge in [-0.3, -0.25) is 14.1 Å². The van der Waals surface area contributed by atoms with E-state index in [1.54, 1.807) is 16.7 Å². The van der Waals surface area contributed by atoms with E-state index in [-0.39, 0.29) is 5.56 Å². The largest absolute Gasteiger partial charge is 0.316 e. The quantitative estimate of drug-likeness (QED) is 0.855. The minimum absolute atomic E-state index is 0.00616. The predicted molar refractivity (Wildman–Crippen MR) is 76.6 cm³/mol. The Balaban J connectivity index is 1.59. The van der Waals surface area contributed by atoms with E-state index in [4.69, 9.17) is 0 Å². The van der Waals surface area contributed by atoms with E-state index < -0.39 is 0 Å². The number of nitrogens with one attached hydrogen (secondary N) is 1. The molecule has 0 amide bonds. The van der Waals surface area contributed by atoms with Gasteiger partial charge in [-0.2, -0.15) is 0 Å². The van der Waals surface area contributed by atoms with E-state index in [1.807, 2.05) is 18.2 Å². The minimum atomic E-state index is 0.00616. The summed E-state index contributed by atoms with van der Waals surface area (Å²) >= 11 is 0. The molecule has 5 heteroatoms. The van der Waals surface area contributed by atoms with Crippen molar-refractivity contribution in [3.05, 3.63) is 46.5 Å². The molecule has 1 N–H and O–H groups in total. The first-order chi connectivity index (χ1) is 9.79. The third-order valence-electron chi connectivity index (χ3n) is 4.47. The Bertz CT molecular complexity index is 684. The van der Waals surface area contributed by atoms with E-state index in [0.29, 0.717) is 0 Å². The van der Waals surface area contributed by atoms with Gasteiger partial charge in [-0.15, -0.1) is 0 Å². The molecule has 0 aromatic carbocycles. The summed E-state index contributed by atoms with van der Waals surface area (Å²) < 4.78 is 1.59. The summed E-state index contributed by atoms with van der Waals surface area (Å²) in [6.45, 7) is 5.29. The lowest BCUT2D eigenvalue weighted by atomic mass is 10.0. The van der Waals surface area contributed by atoms with Gasteiger partial charge in [0, 0.05) is 31.9 Å². The topological polar surface area (TPSA) is 49.6 Å². The molecule has 0 bridgehead atoms. The molecule has 2 fully saturated rings. The highest BCUT2D eigenvalue weighted by molar-refractivity contribution is 5.37. The molecular weight excluding hydrogens is 252 g/mol. The minimum Gasteiger partial charge on any atom is -0.316 e. The molecule has 2 saturated heterocycles. The fourth-order valence-corrected chi connectivity index (χ4v) is 3.49. The van der Waals surface area contributed by atoms with Gasteiger partial charge in [0.2, 0.25) is 0 Å². The molecule has 2 aliphatic heterocycles. The lowest BCUT2D eigenvalue weighted by molar-refractivity contribution is 0.302. The van der Waals surface area contributed by atoms with Gasteiger partial charge in [-0.05, 0) is 37.1 Å². The van der Waals surface area contributed by atoms with E-state index in [0.717, 1.165) is 55.9 Å². The third kappa shape index (κ3) is 2.03. The molecular formula is C15H18N4O. The Morgan fingerprint density at radius 1 is 1.25 bits per heavy atom. The van der Waals surface area contributed by atoms with Crippen molar-refractivity contribution in [2.24, 2.45) is 11.8 Å². The highest BCUT2D eigenvalue weighted by Gasteiger charge is 2.35. The molecule has 0 spiro atoms. The molecule has 2 aromatic heterocycles. The fourth-order valence-electron chi connectivity index (χ4n) is 3.49. The molecule has 4 rings (SSSR count). The molecule has 4 heterocycles. The van der Waals surface area contributed by atoms with Gasteiger partial charge in [-0.1, -0.05) is 6.07 Å². The number of hydrogen-bond acceptors (Lipinski definition) is 4. The maximum Gasteiger partial charge on any atom is 0.258 e. The van der Waals surface area contributed by atoms with Gasteiger partial charge in [0.15, 0.2) is 0 Å². The second-order valence-electron chi connectivity index (χ2n) is 5.89. The number of pyridine rings is 1. The number of rotatable bonds is 2. The first-order valence-electron chi connectivity index (χ1n) is 7.20. The Hall–Kier alpha value is -1.72. The first kappa shape index (κ1) is 12.1. The molecule has 0 unspecified atom stereocenters. The van der Waals surface area contributed by atoms with Crippen molar-refractivity contribution in [2.75, 3.05) is 26.2 Å². The number of nitrogens with zero attached hydrogens (tertiary/aromatic N) is 3. The van der Waals surface area contributed by atoms with Crippen molar-refractivity contribution in [3.63, 3.8) is 0 Å². The Morgan fingerprint density at radius 2 is 2.05 bits per heavy atom. The Kier molecular flexibility index (Phi) is 2.82. The highest BCUT2D eigenvalue weighted by atomic mass is 16.1. The lowest BCUT2D eigenvalue weighted by Gasteiger charge is -2.16. The zero-order valence-electron chi connectivity index (χ0n) is 11.3. The first-order valence-corrected chi connectivity index (χ1v) is 7.20.